The minimum absolute atomic E-state index is 0.0472. The fraction of sp³-hybridized carbons (Fsp3) is 0.174. The number of rotatable bonds is 6. The molecule has 0 bridgehead atoms. The van der Waals surface area contributed by atoms with Crippen LogP contribution in [-0.4, -0.2) is 29.6 Å². The Morgan fingerprint density at radius 2 is 1.78 bits per heavy atom. The fourth-order valence-corrected chi connectivity index (χ4v) is 3.03. The maximum atomic E-state index is 12.7. The zero-order valence-corrected chi connectivity index (χ0v) is 17.0. The summed E-state index contributed by atoms with van der Waals surface area (Å²) in [6.07, 6.45) is -1.53. The number of nitrogens with two attached hydrogens (primary N) is 1. The molecule has 0 aliphatic carbocycles. The summed E-state index contributed by atoms with van der Waals surface area (Å²) in [4.78, 5) is 28.6. The summed E-state index contributed by atoms with van der Waals surface area (Å²) in [5.74, 6) is -1.47. The summed E-state index contributed by atoms with van der Waals surface area (Å²) in [7, 11) is 0. The number of anilines is 1. The molecule has 9 heteroatoms. The molecule has 1 heterocycles. The van der Waals surface area contributed by atoms with Crippen LogP contribution in [0.5, 0.6) is 0 Å². The number of amides is 1. The van der Waals surface area contributed by atoms with Gasteiger partial charge in [-0.15, -0.1) is 0 Å². The van der Waals surface area contributed by atoms with Gasteiger partial charge in [-0.2, -0.15) is 13.2 Å². The molecule has 0 aliphatic heterocycles. The lowest BCUT2D eigenvalue weighted by Gasteiger charge is -2.16. The first-order valence-electron chi connectivity index (χ1n) is 9.59. The van der Waals surface area contributed by atoms with Crippen molar-refractivity contribution in [1.82, 2.24) is 4.98 Å². The molecule has 0 spiro atoms. The molecule has 32 heavy (non-hydrogen) atoms. The number of alkyl halides is 3. The van der Waals surface area contributed by atoms with Crippen LogP contribution in [0.4, 0.5) is 18.9 Å². The quantitative estimate of drug-likeness (QED) is 0.537. The van der Waals surface area contributed by atoms with Crippen LogP contribution in [0.3, 0.4) is 0 Å². The van der Waals surface area contributed by atoms with E-state index in [-0.39, 0.29) is 11.5 Å². The summed E-state index contributed by atoms with van der Waals surface area (Å²) < 4.78 is 41.4. The predicted molar refractivity (Wildman–Crippen MR) is 113 cm³/mol. The number of hydrogen-bond acceptors (Lipinski definition) is 5. The second-order valence-corrected chi connectivity index (χ2v) is 7.05. The average molecular weight is 443 g/mol. The van der Waals surface area contributed by atoms with E-state index in [0.29, 0.717) is 27.9 Å². The fourth-order valence-electron chi connectivity index (χ4n) is 3.03. The monoisotopic (exact) mass is 443 g/mol. The zero-order valence-electron chi connectivity index (χ0n) is 17.0. The highest BCUT2D eigenvalue weighted by atomic mass is 19.4. The van der Waals surface area contributed by atoms with E-state index in [4.69, 9.17) is 5.73 Å². The summed E-state index contributed by atoms with van der Waals surface area (Å²) >= 11 is 0. The van der Waals surface area contributed by atoms with Crippen LogP contribution in [0.25, 0.3) is 11.1 Å². The molecule has 3 N–H and O–H groups in total. The molecule has 1 aromatic heterocycles. The largest absolute Gasteiger partial charge is 0.452 e. The van der Waals surface area contributed by atoms with E-state index < -0.39 is 24.8 Å². The van der Waals surface area contributed by atoms with Crippen LogP contribution < -0.4 is 11.1 Å². The Morgan fingerprint density at radius 3 is 2.44 bits per heavy atom. The molecule has 1 atom stereocenters. The lowest BCUT2D eigenvalue weighted by Crippen LogP contribution is -2.20. The maximum absolute atomic E-state index is 12.7. The van der Waals surface area contributed by atoms with Crippen molar-refractivity contribution in [2.24, 2.45) is 5.73 Å². The molecule has 0 radical (unpaired) electrons. The van der Waals surface area contributed by atoms with Crippen LogP contribution in [0.15, 0.2) is 67.0 Å². The topological polar surface area (TPSA) is 94.3 Å². The lowest BCUT2D eigenvalue weighted by molar-refractivity contribution is -0.161. The Bertz CT molecular complexity index is 1120. The van der Waals surface area contributed by atoms with Gasteiger partial charge in [-0.05, 0) is 60.0 Å². The predicted octanol–water partition coefficient (Wildman–Crippen LogP) is 4.74. The molecule has 3 aromatic rings. The molecule has 166 valence electrons. The maximum Gasteiger partial charge on any atom is 0.422 e. The number of esters is 1. The van der Waals surface area contributed by atoms with Crippen molar-refractivity contribution in [3.8, 4) is 11.1 Å². The molecule has 2 aromatic carbocycles. The van der Waals surface area contributed by atoms with Gasteiger partial charge in [0.1, 0.15) is 0 Å². The molecule has 1 unspecified atom stereocenters. The van der Waals surface area contributed by atoms with Crippen molar-refractivity contribution in [1.29, 1.82) is 0 Å². The SMILES string of the molecule is CC(N)c1ccc(C(=O)Nc2ccncc2)cc1-c1cccc(C(=O)OCC(F)(F)F)c1. The minimum Gasteiger partial charge on any atom is -0.452 e. The third-order valence-electron chi connectivity index (χ3n) is 4.52. The number of nitrogens with zero attached hydrogens (tertiary/aromatic N) is 1. The first kappa shape index (κ1) is 23.0. The number of carbonyl (C=O) groups is 2. The van der Waals surface area contributed by atoms with Crippen molar-refractivity contribution in [3.63, 3.8) is 0 Å². The average Bonchev–Trinajstić information content (AvgIpc) is 2.77. The molecule has 0 saturated heterocycles. The highest BCUT2D eigenvalue weighted by Crippen LogP contribution is 2.30. The Labute approximate surface area is 182 Å². The highest BCUT2D eigenvalue weighted by Gasteiger charge is 2.30. The van der Waals surface area contributed by atoms with Crippen molar-refractivity contribution in [3.05, 3.63) is 83.7 Å². The normalized spacial score (nSPS) is 12.2. The van der Waals surface area contributed by atoms with Crippen LogP contribution in [0.1, 0.15) is 39.2 Å². The van der Waals surface area contributed by atoms with E-state index in [1.54, 1.807) is 55.7 Å². The van der Waals surface area contributed by atoms with Crippen molar-refractivity contribution >= 4 is 17.6 Å². The van der Waals surface area contributed by atoms with Gasteiger partial charge in [-0.1, -0.05) is 18.2 Å². The molecule has 6 nitrogen and oxygen atoms in total. The van der Waals surface area contributed by atoms with Gasteiger partial charge in [-0.25, -0.2) is 4.79 Å². The number of ether oxygens (including phenoxy) is 1. The zero-order chi connectivity index (χ0) is 23.3. The van der Waals surface area contributed by atoms with Gasteiger partial charge in [0.15, 0.2) is 6.61 Å². The van der Waals surface area contributed by atoms with Crippen molar-refractivity contribution in [2.75, 3.05) is 11.9 Å². The lowest BCUT2D eigenvalue weighted by atomic mass is 9.92. The van der Waals surface area contributed by atoms with E-state index >= 15 is 0 Å². The smallest absolute Gasteiger partial charge is 0.422 e. The highest BCUT2D eigenvalue weighted by molar-refractivity contribution is 6.05. The molecular formula is C23H20F3N3O3. The molecule has 1 amide bonds. The number of carbonyl (C=O) groups excluding carboxylic acids is 2. The van der Waals surface area contributed by atoms with Crippen LogP contribution >= 0.6 is 0 Å². The molecule has 0 aliphatic rings. The Hall–Kier alpha value is -3.72. The minimum atomic E-state index is -4.62. The van der Waals surface area contributed by atoms with Gasteiger partial charge < -0.3 is 15.8 Å². The molecule has 0 saturated carbocycles. The summed E-state index contributed by atoms with van der Waals surface area (Å²) in [5.41, 5.74) is 8.72. The van der Waals surface area contributed by atoms with Crippen LogP contribution in [-0.2, 0) is 4.74 Å². The third-order valence-corrected chi connectivity index (χ3v) is 4.52. The van der Waals surface area contributed by atoms with E-state index in [2.05, 4.69) is 15.0 Å². The second kappa shape index (κ2) is 9.61. The van der Waals surface area contributed by atoms with E-state index in [1.165, 1.54) is 18.2 Å². The summed E-state index contributed by atoms with van der Waals surface area (Å²) in [5, 5.41) is 2.76. The number of pyridine rings is 1. The second-order valence-electron chi connectivity index (χ2n) is 7.05. The standard InChI is InChI=1S/C23H20F3N3O3/c1-14(27)19-6-5-16(21(30)29-18-7-9-28-10-8-18)12-20(19)15-3-2-4-17(11-15)22(31)32-13-23(24,25)26/h2-12,14H,13,27H2,1H3,(H,28,29,30). The van der Waals surface area contributed by atoms with Crippen LogP contribution in [0.2, 0.25) is 0 Å². The Morgan fingerprint density at radius 1 is 1.06 bits per heavy atom. The Balaban J connectivity index is 1.93. The Kier molecular flexibility index (Phi) is 6.89. The molecule has 0 fully saturated rings. The van der Waals surface area contributed by atoms with Crippen molar-refractivity contribution in [2.45, 2.75) is 19.1 Å². The summed E-state index contributed by atoms with van der Waals surface area (Å²) in [6.45, 7) is 0.0861. The van der Waals surface area contributed by atoms with Crippen LogP contribution in [0, 0.1) is 0 Å². The van der Waals surface area contributed by atoms with Gasteiger partial charge in [0.05, 0.1) is 5.56 Å². The number of halogens is 3. The molecular weight excluding hydrogens is 423 g/mol. The van der Waals surface area contributed by atoms with Gasteiger partial charge in [0.2, 0.25) is 0 Å². The number of hydrogen-bond donors (Lipinski definition) is 2. The van der Waals surface area contributed by atoms with E-state index in [0.717, 1.165) is 0 Å². The van der Waals surface area contributed by atoms with Gasteiger partial charge in [-0.3, -0.25) is 9.78 Å². The van der Waals surface area contributed by atoms with Crippen molar-refractivity contribution < 1.29 is 27.5 Å². The van der Waals surface area contributed by atoms with E-state index in [9.17, 15) is 22.8 Å². The van der Waals surface area contributed by atoms with E-state index in [1.807, 2.05) is 0 Å². The number of aromatic nitrogens is 1. The number of nitrogens with one attached hydrogen (secondary N) is 1. The number of benzene rings is 2. The summed E-state index contributed by atoms with van der Waals surface area (Å²) in [6, 6.07) is 13.8. The molecule has 3 rings (SSSR count). The van der Waals surface area contributed by atoms with Gasteiger partial charge in [0, 0.05) is 29.7 Å². The first-order valence-corrected chi connectivity index (χ1v) is 9.59. The van der Waals surface area contributed by atoms with Gasteiger partial charge in [0.25, 0.3) is 5.91 Å². The first-order chi connectivity index (χ1) is 15.1. The third kappa shape index (κ3) is 5.92. The van der Waals surface area contributed by atoms with Gasteiger partial charge >= 0.3 is 12.1 Å².